The van der Waals surface area contributed by atoms with Crippen molar-refractivity contribution in [3.05, 3.63) is 23.4 Å². The van der Waals surface area contributed by atoms with E-state index in [9.17, 15) is 0 Å². The van der Waals surface area contributed by atoms with Crippen LogP contribution in [0.2, 0.25) is 5.15 Å². The van der Waals surface area contributed by atoms with Gasteiger partial charge in [-0.05, 0) is 38.9 Å². The standard InChI is InChI=1S/C12H17ClN2O/c1-15-8-3-4-10(15)7-9-16-12-6-2-5-11(13)14-12/h2,5-6,10H,3-4,7-9H2,1H3. The zero-order valence-corrected chi connectivity index (χ0v) is 10.3. The summed E-state index contributed by atoms with van der Waals surface area (Å²) in [6, 6.07) is 6.11. The fourth-order valence-electron chi connectivity index (χ4n) is 2.11. The highest BCUT2D eigenvalue weighted by molar-refractivity contribution is 6.29. The average molecular weight is 241 g/mol. The molecule has 88 valence electrons. The minimum atomic E-state index is 0.482. The van der Waals surface area contributed by atoms with E-state index in [0.717, 1.165) is 6.42 Å². The van der Waals surface area contributed by atoms with Gasteiger partial charge in [0.25, 0.3) is 0 Å². The van der Waals surface area contributed by atoms with Crippen molar-refractivity contribution in [1.29, 1.82) is 0 Å². The number of hydrogen-bond acceptors (Lipinski definition) is 3. The Hall–Kier alpha value is -0.800. The summed E-state index contributed by atoms with van der Waals surface area (Å²) < 4.78 is 5.57. The molecule has 1 saturated heterocycles. The van der Waals surface area contributed by atoms with Gasteiger partial charge in [-0.3, -0.25) is 0 Å². The second-order valence-corrected chi connectivity index (χ2v) is 4.60. The molecule has 2 rings (SSSR count). The van der Waals surface area contributed by atoms with E-state index in [-0.39, 0.29) is 0 Å². The first kappa shape index (κ1) is 11.7. The van der Waals surface area contributed by atoms with Crippen molar-refractivity contribution in [1.82, 2.24) is 9.88 Å². The Labute approximate surface area is 101 Å². The van der Waals surface area contributed by atoms with Gasteiger partial charge < -0.3 is 9.64 Å². The van der Waals surface area contributed by atoms with Gasteiger partial charge in [-0.25, -0.2) is 4.98 Å². The van der Waals surface area contributed by atoms with E-state index in [2.05, 4.69) is 16.9 Å². The first-order valence-electron chi connectivity index (χ1n) is 5.71. The monoisotopic (exact) mass is 240 g/mol. The van der Waals surface area contributed by atoms with Crippen LogP contribution in [0.1, 0.15) is 19.3 Å². The average Bonchev–Trinajstić information content (AvgIpc) is 2.65. The van der Waals surface area contributed by atoms with E-state index in [4.69, 9.17) is 16.3 Å². The van der Waals surface area contributed by atoms with Crippen LogP contribution in [-0.2, 0) is 0 Å². The Balaban J connectivity index is 1.75. The summed E-state index contributed by atoms with van der Waals surface area (Å²) in [5, 5.41) is 0.482. The van der Waals surface area contributed by atoms with Crippen LogP contribution in [0, 0.1) is 0 Å². The van der Waals surface area contributed by atoms with Crippen LogP contribution >= 0.6 is 11.6 Å². The van der Waals surface area contributed by atoms with E-state index in [1.807, 2.05) is 12.1 Å². The molecular formula is C12H17ClN2O. The molecule has 3 nitrogen and oxygen atoms in total. The zero-order valence-electron chi connectivity index (χ0n) is 9.53. The van der Waals surface area contributed by atoms with Gasteiger partial charge in [0.1, 0.15) is 5.15 Å². The van der Waals surface area contributed by atoms with Gasteiger partial charge in [0, 0.05) is 12.1 Å². The number of pyridine rings is 1. The number of hydrogen-bond donors (Lipinski definition) is 0. The molecule has 2 heterocycles. The molecule has 0 aliphatic carbocycles. The quantitative estimate of drug-likeness (QED) is 0.757. The number of likely N-dealkylation sites (tertiary alicyclic amines) is 1. The third-order valence-electron chi connectivity index (χ3n) is 3.06. The highest BCUT2D eigenvalue weighted by atomic mass is 35.5. The van der Waals surface area contributed by atoms with E-state index < -0.39 is 0 Å². The van der Waals surface area contributed by atoms with Gasteiger partial charge in [0.05, 0.1) is 6.61 Å². The molecule has 1 aliphatic heterocycles. The maximum atomic E-state index is 5.77. The lowest BCUT2D eigenvalue weighted by atomic mass is 10.1. The van der Waals surface area contributed by atoms with Gasteiger partial charge in [0.15, 0.2) is 0 Å². The predicted molar refractivity (Wildman–Crippen MR) is 65.0 cm³/mol. The van der Waals surface area contributed by atoms with E-state index in [1.54, 1.807) is 6.07 Å². The molecule has 4 heteroatoms. The third-order valence-corrected chi connectivity index (χ3v) is 3.27. The number of ether oxygens (including phenoxy) is 1. The summed E-state index contributed by atoms with van der Waals surface area (Å²) in [7, 11) is 2.18. The van der Waals surface area contributed by atoms with Gasteiger partial charge in [-0.15, -0.1) is 0 Å². The number of aromatic nitrogens is 1. The molecule has 0 aromatic carbocycles. The summed E-state index contributed by atoms with van der Waals surface area (Å²) in [5.74, 6) is 0.619. The second kappa shape index (κ2) is 5.51. The molecular weight excluding hydrogens is 224 g/mol. The summed E-state index contributed by atoms with van der Waals surface area (Å²) in [4.78, 5) is 6.48. The van der Waals surface area contributed by atoms with Crippen molar-refractivity contribution in [3.63, 3.8) is 0 Å². The molecule has 0 saturated carbocycles. The van der Waals surface area contributed by atoms with Crippen molar-refractivity contribution in [2.24, 2.45) is 0 Å². The second-order valence-electron chi connectivity index (χ2n) is 4.21. The Morgan fingerprint density at radius 2 is 2.44 bits per heavy atom. The van der Waals surface area contributed by atoms with Crippen molar-refractivity contribution in [3.8, 4) is 5.88 Å². The lowest BCUT2D eigenvalue weighted by Gasteiger charge is -2.18. The van der Waals surface area contributed by atoms with Crippen molar-refractivity contribution >= 4 is 11.6 Å². The van der Waals surface area contributed by atoms with Crippen LogP contribution in [0.25, 0.3) is 0 Å². The zero-order chi connectivity index (χ0) is 11.4. The van der Waals surface area contributed by atoms with Gasteiger partial charge in [0.2, 0.25) is 5.88 Å². The molecule has 16 heavy (non-hydrogen) atoms. The predicted octanol–water partition coefficient (Wildman–Crippen LogP) is 2.60. The molecule has 1 aromatic rings. The molecule has 0 radical (unpaired) electrons. The summed E-state index contributed by atoms with van der Waals surface area (Å²) in [5.41, 5.74) is 0. The summed E-state index contributed by atoms with van der Waals surface area (Å²) in [6.45, 7) is 1.92. The minimum Gasteiger partial charge on any atom is -0.478 e. The van der Waals surface area contributed by atoms with Gasteiger partial charge >= 0.3 is 0 Å². The Kier molecular flexibility index (Phi) is 4.02. The lowest BCUT2D eigenvalue weighted by Crippen LogP contribution is -2.26. The molecule has 0 N–H and O–H groups in total. The van der Waals surface area contributed by atoms with Crippen LogP contribution < -0.4 is 4.74 Å². The highest BCUT2D eigenvalue weighted by Crippen LogP contribution is 2.18. The van der Waals surface area contributed by atoms with Crippen LogP contribution in [0.3, 0.4) is 0 Å². The number of nitrogens with zero attached hydrogens (tertiary/aromatic N) is 2. The Bertz CT molecular complexity index is 346. The Morgan fingerprint density at radius 1 is 1.56 bits per heavy atom. The molecule has 0 amide bonds. The summed E-state index contributed by atoms with van der Waals surface area (Å²) >= 11 is 5.77. The van der Waals surface area contributed by atoms with Crippen LogP contribution in [0.15, 0.2) is 18.2 Å². The molecule has 1 fully saturated rings. The van der Waals surface area contributed by atoms with Gasteiger partial charge in [-0.2, -0.15) is 0 Å². The molecule has 1 atom stereocenters. The Morgan fingerprint density at radius 3 is 3.12 bits per heavy atom. The molecule has 1 aromatic heterocycles. The molecule has 1 unspecified atom stereocenters. The maximum Gasteiger partial charge on any atom is 0.214 e. The number of halogens is 1. The number of rotatable bonds is 4. The van der Waals surface area contributed by atoms with Crippen molar-refractivity contribution < 1.29 is 4.74 Å². The normalized spacial score (nSPS) is 21.2. The van der Waals surface area contributed by atoms with Gasteiger partial charge in [-0.1, -0.05) is 17.7 Å². The molecule has 0 bridgehead atoms. The fraction of sp³-hybridized carbons (Fsp3) is 0.583. The van der Waals surface area contributed by atoms with Crippen LogP contribution in [0.5, 0.6) is 5.88 Å². The lowest BCUT2D eigenvalue weighted by molar-refractivity contribution is 0.228. The van der Waals surface area contributed by atoms with E-state index in [0.29, 0.717) is 23.7 Å². The largest absolute Gasteiger partial charge is 0.478 e. The molecule has 0 spiro atoms. The van der Waals surface area contributed by atoms with E-state index in [1.165, 1.54) is 19.4 Å². The minimum absolute atomic E-state index is 0.482. The van der Waals surface area contributed by atoms with Crippen LogP contribution in [0.4, 0.5) is 0 Å². The molecule has 1 aliphatic rings. The fourth-order valence-corrected chi connectivity index (χ4v) is 2.27. The van der Waals surface area contributed by atoms with Crippen molar-refractivity contribution in [2.45, 2.75) is 25.3 Å². The topological polar surface area (TPSA) is 25.4 Å². The van der Waals surface area contributed by atoms with Crippen LogP contribution in [-0.4, -0.2) is 36.1 Å². The first-order chi connectivity index (χ1) is 7.75. The van der Waals surface area contributed by atoms with Crippen molar-refractivity contribution in [2.75, 3.05) is 20.2 Å². The maximum absolute atomic E-state index is 5.77. The SMILES string of the molecule is CN1CCCC1CCOc1cccc(Cl)n1. The summed E-state index contributed by atoms with van der Waals surface area (Å²) in [6.07, 6.45) is 3.64. The smallest absolute Gasteiger partial charge is 0.214 e. The third kappa shape index (κ3) is 3.09. The first-order valence-corrected chi connectivity index (χ1v) is 6.09. The van der Waals surface area contributed by atoms with E-state index >= 15 is 0 Å². The highest BCUT2D eigenvalue weighted by Gasteiger charge is 2.20.